The molecule has 0 aliphatic heterocycles. The largest absolute Gasteiger partial charge is 0.477 e. The summed E-state index contributed by atoms with van der Waals surface area (Å²) in [5.41, 5.74) is 0.434. The van der Waals surface area contributed by atoms with Crippen molar-refractivity contribution in [3.8, 4) is 0 Å². The van der Waals surface area contributed by atoms with Crippen LogP contribution >= 0.6 is 11.3 Å². The lowest BCUT2D eigenvalue weighted by Gasteiger charge is -2.14. The fourth-order valence-corrected chi connectivity index (χ4v) is 4.86. The molecule has 0 amide bonds. The molecule has 0 saturated heterocycles. The van der Waals surface area contributed by atoms with Gasteiger partial charge in [-0.25, -0.2) is 17.9 Å². The highest BCUT2D eigenvalue weighted by atomic mass is 32.2. The molecular formula is C12H17NO5S2. The van der Waals surface area contributed by atoms with Crippen LogP contribution in [-0.4, -0.2) is 37.2 Å². The van der Waals surface area contributed by atoms with Crippen molar-refractivity contribution in [1.29, 1.82) is 0 Å². The van der Waals surface area contributed by atoms with Gasteiger partial charge in [0.15, 0.2) is 0 Å². The summed E-state index contributed by atoms with van der Waals surface area (Å²) in [4.78, 5) is 11.0. The lowest BCUT2D eigenvalue weighted by molar-refractivity contribution is 0.0701. The topological polar surface area (TPSA) is 104 Å². The molecule has 1 fully saturated rings. The van der Waals surface area contributed by atoms with Crippen molar-refractivity contribution in [2.45, 2.75) is 36.5 Å². The Kier molecular flexibility index (Phi) is 4.48. The summed E-state index contributed by atoms with van der Waals surface area (Å²) in [5, 5.41) is 18.6. The monoisotopic (exact) mass is 319 g/mol. The summed E-state index contributed by atoms with van der Waals surface area (Å²) in [5.74, 6) is -1.19. The predicted octanol–water partition coefficient (Wildman–Crippen LogP) is 1.19. The highest BCUT2D eigenvalue weighted by Crippen LogP contribution is 2.28. The average Bonchev–Trinajstić information content (AvgIpc) is 2.93. The number of carbonyl (C=O) groups is 1. The maximum absolute atomic E-state index is 12.1. The Bertz CT molecular complexity index is 607. The fraction of sp³-hybridized carbons (Fsp3) is 0.583. The van der Waals surface area contributed by atoms with Gasteiger partial charge in [0.2, 0.25) is 10.0 Å². The Labute approximate surface area is 121 Å². The van der Waals surface area contributed by atoms with Gasteiger partial charge in [0, 0.05) is 6.54 Å². The molecule has 1 heterocycles. The van der Waals surface area contributed by atoms with E-state index in [0.717, 1.165) is 24.2 Å². The number of sulfonamides is 1. The summed E-state index contributed by atoms with van der Waals surface area (Å²) in [7, 11) is -3.71. The highest BCUT2D eigenvalue weighted by molar-refractivity contribution is 7.91. The van der Waals surface area contributed by atoms with Crippen LogP contribution in [0.2, 0.25) is 0 Å². The van der Waals surface area contributed by atoms with Crippen LogP contribution in [0, 0.1) is 12.8 Å². The Morgan fingerprint density at radius 3 is 2.70 bits per heavy atom. The van der Waals surface area contributed by atoms with Gasteiger partial charge >= 0.3 is 5.97 Å². The SMILES string of the molecule is Cc1cc(S(=O)(=O)NCC2CCCC2O)sc1C(=O)O. The zero-order chi connectivity index (χ0) is 14.9. The van der Waals surface area contributed by atoms with Crippen LogP contribution in [0.4, 0.5) is 0 Å². The third-order valence-corrected chi connectivity index (χ3v) is 6.63. The number of aliphatic hydroxyl groups excluding tert-OH is 1. The number of rotatable bonds is 5. The van der Waals surface area contributed by atoms with Crippen molar-refractivity contribution in [2.24, 2.45) is 5.92 Å². The van der Waals surface area contributed by atoms with Gasteiger partial charge in [-0.2, -0.15) is 0 Å². The van der Waals surface area contributed by atoms with Crippen molar-refractivity contribution >= 4 is 27.3 Å². The number of aryl methyl sites for hydroxylation is 1. The molecule has 8 heteroatoms. The van der Waals surface area contributed by atoms with Crippen LogP contribution in [-0.2, 0) is 10.0 Å². The zero-order valence-corrected chi connectivity index (χ0v) is 12.6. The number of thiophene rings is 1. The van der Waals surface area contributed by atoms with Crippen molar-refractivity contribution in [3.63, 3.8) is 0 Å². The van der Waals surface area contributed by atoms with E-state index in [0.29, 0.717) is 12.0 Å². The molecule has 3 N–H and O–H groups in total. The van der Waals surface area contributed by atoms with Gasteiger partial charge in [0.05, 0.1) is 6.10 Å². The van der Waals surface area contributed by atoms with E-state index >= 15 is 0 Å². The second-order valence-electron chi connectivity index (χ2n) is 4.99. The predicted molar refractivity (Wildman–Crippen MR) is 74.6 cm³/mol. The quantitative estimate of drug-likeness (QED) is 0.756. The van der Waals surface area contributed by atoms with E-state index in [1.807, 2.05) is 0 Å². The maximum atomic E-state index is 12.1. The Hall–Kier alpha value is -0.960. The Morgan fingerprint density at radius 2 is 2.20 bits per heavy atom. The summed E-state index contributed by atoms with van der Waals surface area (Å²) in [6.45, 7) is 1.75. The lowest BCUT2D eigenvalue weighted by Crippen LogP contribution is -2.32. The number of aromatic carboxylic acids is 1. The number of hydrogen-bond donors (Lipinski definition) is 3. The minimum atomic E-state index is -3.71. The van der Waals surface area contributed by atoms with Crippen molar-refractivity contribution in [1.82, 2.24) is 4.72 Å². The molecule has 2 unspecified atom stereocenters. The van der Waals surface area contributed by atoms with E-state index in [1.54, 1.807) is 6.92 Å². The second kappa shape index (κ2) is 5.80. The zero-order valence-electron chi connectivity index (χ0n) is 11.0. The van der Waals surface area contributed by atoms with E-state index in [4.69, 9.17) is 5.11 Å². The van der Waals surface area contributed by atoms with Gasteiger partial charge in [0.1, 0.15) is 9.09 Å². The van der Waals surface area contributed by atoms with Crippen LogP contribution in [0.3, 0.4) is 0 Å². The summed E-state index contributed by atoms with van der Waals surface area (Å²) < 4.78 is 26.7. The molecule has 0 bridgehead atoms. The molecular weight excluding hydrogens is 302 g/mol. The Morgan fingerprint density at radius 1 is 1.50 bits per heavy atom. The second-order valence-corrected chi connectivity index (χ2v) is 8.04. The van der Waals surface area contributed by atoms with Gasteiger partial charge in [-0.1, -0.05) is 6.42 Å². The molecule has 112 valence electrons. The summed E-state index contributed by atoms with van der Waals surface area (Å²) in [6, 6.07) is 1.36. The lowest BCUT2D eigenvalue weighted by atomic mass is 10.1. The maximum Gasteiger partial charge on any atom is 0.346 e. The first-order chi connectivity index (χ1) is 9.31. The first-order valence-corrected chi connectivity index (χ1v) is 8.62. The molecule has 0 radical (unpaired) electrons. The molecule has 1 aromatic rings. The van der Waals surface area contributed by atoms with Gasteiger partial charge in [-0.15, -0.1) is 11.3 Å². The number of carboxylic acids is 1. The van der Waals surface area contributed by atoms with Crippen LogP contribution < -0.4 is 4.72 Å². The van der Waals surface area contributed by atoms with Crippen LogP contribution in [0.25, 0.3) is 0 Å². The van der Waals surface area contributed by atoms with E-state index in [1.165, 1.54) is 6.07 Å². The van der Waals surface area contributed by atoms with Crippen LogP contribution in [0.5, 0.6) is 0 Å². The van der Waals surface area contributed by atoms with Crippen molar-refractivity contribution in [2.75, 3.05) is 6.54 Å². The van der Waals surface area contributed by atoms with Crippen molar-refractivity contribution < 1.29 is 23.4 Å². The van der Waals surface area contributed by atoms with E-state index in [-0.39, 0.29) is 21.5 Å². The third kappa shape index (κ3) is 3.20. The minimum Gasteiger partial charge on any atom is -0.477 e. The van der Waals surface area contributed by atoms with Gasteiger partial charge < -0.3 is 10.2 Å². The molecule has 2 atom stereocenters. The van der Waals surface area contributed by atoms with E-state index in [2.05, 4.69) is 4.72 Å². The Balaban J connectivity index is 2.10. The van der Waals surface area contributed by atoms with E-state index in [9.17, 15) is 18.3 Å². The van der Waals surface area contributed by atoms with Gasteiger partial charge in [-0.3, -0.25) is 0 Å². The summed E-state index contributed by atoms with van der Waals surface area (Å²) in [6.07, 6.45) is 1.94. The van der Waals surface area contributed by atoms with Crippen molar-refractivity contribution in [3.05, 3.63) is 16.5 Å². The number of aliphatic hydroxyl groups is 1. The standard InChI is InChI=1S/C12H17NO5S2/c1-7-5-10(19-11(7)12(15)16)20(17,18)13-6-8-3-2-4-9(8)14/h5,8-9,13-14H,2-4,6H2,1H3,(H,15,16). The summed E-state index contributed by atoms with van der Waals surface area (Å²) >= 11 is 0.745. The molecule has 20 heavy (non-hydrogen) atoms. The molecule has 1 aromatic heterocycles. The number of nitrogens with one attached hydrogen (secondary N) is 1. The first-order valence-electron chi connectivity index (χ1n) is 6.32. The average molecular weight is 319 g/mol. The van der Waals surface area contributed by atoms with E-state index < -0.39 is 22.1 Å². The number of hydrogen-bond acceptors (Lipinski definition) is 5. The number of carboxylic acid groups (broad SMARTS) is 1. The molecule has 1 saturated carbocycles. The molecule has 1 aliphatic rings. The van der Waals surface area contributed by atoms with Gasteiger partial charge in [0.25, 0.3) is 0 Å². The van der Waals surface area contributed by atoms with Crippen LogP contribution in [0.15, 0.2) is 10.3 Å². The van der Waals surface area contributed by atoms with Crippen LogP contribution in [0.1, 0.15) is 34.5 Å². The highest BCUT2D eigenvalue weighted by Gasteiger charge is 2.28. The molecule has 0 aromatic carbocycles. The normalized spacial score (nSPS) is 23.1. The van der Waals surface area contributed by atoms with Gasteiger partial charge in [-0.05, 0) is 37.3 Å². The molecule has 6 nitrogen and oxygen atoms in total. The first kappa shape index (κ1) is 15.4. The third-order valence-electron chi connectivity index (χ3n) is 3.51. The molecule has 0 spiro atoms. The smallest absolute Gasteiger partial charge is 0.346 e. The molecule has 2 rings (SSSR count). The molecule has 1 aliphatic carbocycles. The minimum absolute atomic E-state index is 0.000105. The fourth-order valence-electron chi connectivity index (χ4n) is 2.34.